The highest BCUT2D eigenvalue weighted by atomic mass is 32.2. The lowest BCUT2D eigenvalue weighted by molar-refractivity contribution is 0.0141. The highest BCUT2D eigenvalue weighted by Crippen LogP contribution is 2.21. The van der Waals surface area contributed by atoms with Gasteiger partial charge in [-0.1, -0.05) is 18.2 Å². The Morgan fingerprint density at radius 1 is 0.941 bits per heavy atom. The molecule has 4 rings (SSSR count). The largest absolute Gasteiger partial charge is 0.444 e. The Hall–Kier alpha value is -3.46. The number of carbonyl (C=O) groups excluding carboxylic acids is 2. The van der Waals surface area contributed by atoms with Gasteiger partial charge in [0.25, 0.3) is 5.91 Å². The van der Waals surface area contributed by atoms with Gasteiger partial charge in [-0.2, -0.15) is 0 Å². The number of pyridine rings is 1. The first-order chi connectivity index (χ1) is 16.2. The van der Waals surface area contributed by atoms with Crippen LogP contribution in [0.4, 0.5) is 10.5 Å². The first-order valence-electron chi connectivity index (χ1n) is 11.1. The number of nitrogens with one attached hydrogen (secondary N) is 1. The number of nitrogens with zero attached hydrogens (tertiary/aromatic N) is 3. The summed E-state index contributed by atoms with van der Waals surface area (Å²) in [6.45, 7) is 7.23. The second kappa shape index (κ2) is 9.80. The van der Waals surface area contributed by atoms with Crippen LogP contribution < -0.4 is 4.72 Å². The zero-order valence-corrected chi connectivity index (χ0v) is 20.3. The molecular formula is C25H28N4O4S. The summed E-state index contributed by atoms with van der Waals surface area (Å²) in [6.07, 6.45) is 1.32. The van der Waals surface area contributed by atoms with E-state index in [4.69, 9.17) is 4.74 Å². The van der Waals surface area contributed by atoms with Gasteiger partial charge in [0.1, 0.15) is 5.60 Å². The molecule has 9 heteroatoms. The molecule has 1 unspecified atom stereocenters. The lowest BCUT2D eigenvalue weighted by atomic mass is 10.1. The molecule has 34 heavy (non-hydrogen) atoms. The number of rotatable bonds is 4. The molecule has 1 aliphatic rings. The Bertz CT molecular complexity index is 1210. The van der Waals surface area contributed by atoms with Crippen molar-refractivity contribution in [2.75, 3.05) is 30.9 Å². The third-order valence-electron chi connectivity index (χ3n) is 5.36. The number of piperazine rings is 1. The van der Waals surface area contributed by atoms with Crippen molar-refractivity contribution in [1.29, 1.82) is 0 Å². The normalized spacial score (nSPS) is 15.1. The van der Waals surface area contributed by atoms with E-state index < -0.39 is 16.6 Å². The van der Waals surface area contributed by atoms with Crippen LogP contribution in [-0.4, -0.2) is 62.8 Å². The summed E-state index contributed by atoms with van der Waals surface area (Å²) in [7, 11) is -1.50. The zero-order valence-electron chi connectivity index (χ0n) is 19.5. The SMILES string of the molecule is CC(C)(C)OC(=O)N1CCN(C(=O)c2ccc(NS(=O)c3cccc4cccnc34)cc2)CC1. The van der Waals surface area contributed by atoms with Crippen LogP contribution in [0.2, 0.25) is 0 Å². The Kier molecular flexibility index (Phi) is 6.83. The molecule has 0 spiro atoms. The molecule has 3 aromatic rings. The van der Waals surface area contributed by atoms with Crippen LogP contribution in [0, 0.1) is 0 Å². The van der Waals surface area contributed by atoms with Crippen LogP contribution in [0.5, 0.6) is 0 Å². The van der Waals surface area contributed by atoms with E-state index in [1.807, 2.05) is 45.0 Å². The number of carbonyl (C=O) groups is 2. The summed E-state index contributed by atoms with van der Waals surface area (Å²) < 4.78 is 21.3. The minimum absolute atomic E-state index is 0.102. The highest BCUT2D eigenvalue weighted by Gasteiger charge is 2.28. The standard InChI is InChI=1S/C25H28N4O4S/c1-25(2,3)33-24(31)29-16-14-28(15-17-29)23(30)19-9-11-20(12-10-19)27-34(32)21-8-4-6-18-7-5-13-26-22(18)21/h4-13,27H,14-17H2,1-3H3. The minimum Gasteiger partial charge on any atom is -0.444 e. The van der Waals surface area contributed by atoms with Gasteiger partial charge in [0, 0.05) is 49.0 Å². The summed E-state index contributed by atoms with van der Waals surface area (Å²) in [6, 6.07) is 16.2. The van der Waals surface area contributed by atoms with Crippen molar-refractivity contribution in [2.24, 2.45) is 0 Å². The van der Waals surface area contributed by atoms with Gasteiger partial charge >= 0.3 is 6.09 Å². The molecular weight excluding hydrogens is 452 g/mol. The maximum atomic E-state index is 12.9. The highest BCUT2D eigenvalue weighted by molar-refractivity contribution is 7.86. The molecule has 1 fully saturated rings. The first kappa shape index (κ1) is 23.7. The van der Waals surface area contributed by atoms with Crippen LogP contribution in [0.15, 0.2) is 65.7 Å². The van der Waals surface area contributed by atoms with E-state index in [1.165, 1.54) is 0 Å². The minimum atomic E-state index is -1.50. The van der Waals surface area contributed by atoms with Crippen molar-refractivity contribution in [2.45, 2.75) is 31.3 Å². The molecule has 1 aromatic heterocycles. The summed E-state index contributed by atoms with van der Waals surface area (Å²) in [5.41, 5.74) is 1.31. The molecule has 0 saturated carbocycles. The Morgan fingerprint density at radius 3 is 2.26 bits per heavy atom. The molecule has 1 aliphatic heterocycles. The van der Waals surface area contributed by atoms with Crippen LogP contribution in [0.25, 0.3) is 10.9 Å². The van der Waals surface area contributed by atoms with Crippen LogP contribution >= 0.6 is 0 Å². The molecule has 0 radical (unpaired) electrons. The van der Waals surface area contributed by atoms with Crippen LogP contribution in [0.1, 0.15) is 31.1 Å². The lowest BCUT2D eigenvalue weighted by Gasteiger charge is -2.35. The molecule has 0 aliphatic carbocycles. The van der Waals surface area contributed by atoms with Gasteiger partial charge in [-0.05, 0) is 57.2 Å². The van der Waals surface area contributed by atoms with E-state index in [-0.39, 0.29) is 12.0 Å². The number of anilines is 1. The zero-order chi connectivity index (χ0) is 24.3. The van der Waals surface area contributed by atoms with Crippen molar-refractivity contribution < 1.29 is 18.5 Å². The van der Waals surface area contributed by atoms with Gasteiger partial charge in [-0.3, -0.25) is 9.78 Å². The van der Waals surface area contributed by atoms with Crippen LogP contribution in [-0.2, 0) is 15.7 Å². The smallest absolute Gasteiger partial charge is 0.410 e. The summed E-state index contributed by atoms with van der Waals surface area (Å²) in [4.78, 5) is 33.4. The topological polar surface area (TPSA) is 91.8 Å². The van der Waals surface area contributed by atoms with E-state index in [0.29, 0.717) is 47.8 Å². The Morgan fingerprint density at radius 2 is 1.59 bits per heavy atom. The van der Waals surface area contributed by atoms with E-state index >= 15 is 0 Å². The molecule has 8 nitrogen and oxygen atoms in total. The molecule has 1 N–H and O–H groups in total. The number of amides is 2. The summed E-state index contributed by atoms with van der Waals surface area (Å²) in [5.74, 6) is -0.102. The van der Waals surface area contributed by atoms with Gasteiger partial charge in [0.2, 0.25) is 0 Å². The number of para-hydroxylation sites is 1. The van der Waals surface area contributed by atoms with Crippen molar-refractivity contribution in [3.8, 4) is 0 Å². The molecule has 2 amide bonds. The maximum absolute atomic E-state index is 12.9. The van der Waals surface area contributed by atoms with Crippen molar-refractivity contribution >= 4 is 39.6 Å². The number of benzene rings is 2. The molecule has 2 aromatic carbocycles. The van der Waals surface area contributed by atoms with E-state index in [0.717, 1.165) is 5.39 Å². The van der Waals surface area contributed by atoms with Gasteiger partial charge < -0.3 is 19.3 Å². The third-order valence-corrected chi connectivity index (χ3v) is 6.51. The number of hydrogen-bond donors (Lipinski definition) is 1. The predicted molar refractivity (Wildman–Crippen MR) is 132 cm³/mol. The quantitative estimate of drug-likeness (QED) is 0.608. The number of aromatic nitrogens is 1. The average Bonchev–Trinajstić information content (AvgIpc) is 2.82. The monoisotopic (exact) mass is 480 g/mol. The molecule has 1 atom stereocenters. The molecule has 0 bridgehead atoms. The molecule has 2 heterocycles. The number of hydrogen-bond acceptors (Lipinski definition) is 5. The third kappa shape index (κ3) is 5.53. The number of ether oxygens (including phenoxy) is 1. The van der Waals surface area contributed by atoms with Gasteiger partial charge in [0.05, 0.1) is 10.4 Å². The van der Waals surface area contributed by atoms with Crippen molar-refractivity contribution in [1.82, 2.24) is 14.8 Å². The van der Waals surface area contributed by atoms with Crippen molar-refractivity contribution in [3.63, 3.8) is 0 Å². The Balaban J connectivity index is 1.36. The molecule has 1 saturated heterocycles. The summed E-state index contributed by atoms with van der Waals surface area (Å²) >= 11 is 0. The number of fused-ring (bicyclic) bond motifs is 1. The summed E-state index contributed by atoms with van der Waals surface area (Å²) in [5, 5.41) is 0.919. The average molecular weight is 481 g/mol. The second-order valence-corrected chi connectivity index (χ2v) is 10.2. The van der Waals surface area contributed by atoms with E-state index in [9.17, 15) is 13.8 Å². The Labute approximate surface area is 201 Å². The predicted octanol–water partition coefficient (Wildman–Crippen LogP) is 4.06. The van der Waals surface area contributed by atoms with Gasteiger partial charge in [-0.25, -0.2) is 9.00 Å². The fourth-order valence-electron chi connectivity index (χ4n) is 3.67. The lowest BCUT2D eigenvalue weighted by Crippen LogP contribution is -2.51. The second-order valence-electron chi connectivity index (χ2n) is 9.04. The van der Waals surface area contributed by atoms with Crippen molar-refractivity contribution in [3.05, 3.63) is 66.4 Å². The van der Waals surface area contributed by atoms with E-state index in [1.54, 1.807) is 46.3 Å². The van der Waals surface area contributed by atoms with Gasteiger partial charge in [0.15, 0.2) is 11.0 Å². The van der Waals surface area contributed by atoms with Crippen LogP contribution in [0.3, 0.4) is 0 Å². The maximum Gasteiger partial charge on any atom is 0.410 e. The first-order valence-corrected chi connectivity index (χ1v) is 12.3. The fourth-order valence-corrected chi connectivity index (χ4v) is 4.68. The fraction of sp³-hybridized carbons (Fsp3) is 0.320. The van der Waals surface area contributed by atoms with Gasteiger partial charge in [-0.15, -0.1) is 0 Å². The molecule has 178 valence electrons. The van der Waals surface area contributed by atoms with E-state index in [2.05, 4.69) is 9.71 Å².